The van der Waals surface area contributed by atoms with Gasteiger partial charge >= 0.3 is 0 Å². The number of rotatable bonds is 5. The van der Waals surface area contributed by atoms with E-state index in [9.17, 15) is 0 Å². The number of hydrogen-bond acceptors (Lipinski definition) is 3. The van der Waals surface area contributed by atoms with Crippen LogP contribution in [0.4, 0.5) is 0 Å². The first-order chi connectivity index (χ1) is 10.7. The van der Waals surface area contributed by atoms with Crippen LogP contribution in [0.5, 0.6) is 5.75 Å². The molecule has 3 rings (SSSR count). The van der Waals surface area contributed by atoms with Crippen LogP contribution >= 0.6 is 0 Å². The first kappa shape index (κ1) is 15.8. The number of nitrogens with one attached hydrogen (secondary N) is 1. The van der Waals surface area contributed by atoms with Gasteiger partial charge in [0.2, 0.25) is 0 Å². The van der Waals surface area contributed by atoms with Gasteiger partial charge in [0.15, 0.2) is 6.29 Å². The van der Waals surface area contributed by atoms with Crippen LogP contribution in [0, 0.1) is 5.92 Å². The van der Waals surface area contributed by atoms with Crippen molar-refractivity contribution in [3.63, 3.8) is 0 Å². The van der Waals surface area contributed by atoms with Gasteiger partial charge in [-0.25, -0.2) is 0 Å². The molecule has 2 saturated heterocycles. The fourth-order valence-corrected chi connectivity index (χ4v) is 3.92. The highest BCUT2D eigenvalue weighted by molar-refractivity contribution is 5.35. The maximum Gasteiger partial charge on any atom is 0.199 e. The van der Waals surface area contributed by atoms with Gasteiger partial charge in [-0.05, 0) is 55.8 Å². The van der Waals surface area contributed by atoms with E-state index in [0.29, 0.717) is 5.92 Å². The van der Waals surface area contributed by atoms with Gasteiger partial charge < -0.3 is 14.8 Å². The molecule has 2 aliphatic rings. The molecule has 122 valence electrons. The van der Waals surface area contributed by atoms with E-state index in [0.717, 1.165) is 38.3 Å². The quantitative estimate of drug-likeness (QED) is 0.895. The zero-order valence-corrected chi connectivity index (χ0v) is 13.9. The van der Waals surface area contributed by atoms with Crippen LogP contribution in [0.2, 0.25) is 0 Å². The van der Waals surface area contributed by atoms with E-state index in [-0.39, 0.29) is 11.7 Å². The van der Waals surface area contributed by atoms with Gasteiger partial charge in [0.25, 0.3) is 0 Å². The normalized spacial score (nSPS) is 29.0. The SMILES string of the molecule is CC(C)C[C@]1(c2cccc(O[C@H]3CCCCO3)c2)CCNC1. The first-order valence-electron chi connectivity index (χ1n) is 8.77. The molecule has 0 aliphatic carbocycles. The molecule has 1 aromatic rings. The zero-order valence-electron chi connectivity index (χ0n) is 13.9. The Hall–Kier alpha value is -1.06. The molecule has 0 aromatic heterocycles. The van der Waals surface area contributed by atoms with Crippen molar-refractivity contribution in [2.45, 2.75) is 57.7 Å². The van der Waals surface area contributed by atoms with Crippen molar-refractivity contribution < 1.29 is 9.47 Å². The predicted octanol–water partition coefficient (Wildman–Crippen LogP) is 3.87. The summed E-state index contributed by atoms with van der Waals surface area (Å²) in [4.78, 5) is 0. The molecule has 0 saturated carbocycles. The highest BCUT2D eigenvalue weighted by Crippen LogP contribution is 2.38. The summed E-state index contributed by atoms with van der Waals surface area (Å²) in [6.07, 6.45) is 5.74. The molecule has 1 N–H and O–H groups in total. The van der Waals surface area contributed by atoms with Gasteiger partial charge in [-0.15, -0.1) is 0 Å². The second-order valence-electron chi connectivity index (χ2n) is 7.25. The van der Waals surface area contributed by atoms with E-state index in [2.05, 4.69) is 43.4 Å². The monoisotopic (exact) mass is 303 g/mol. The molecule has 3 nitrogen and oxygen atoms in total. The number of benzene rings is 1. The predicted molar refractivity (Wildman–Crippen MR) is 89.3 cm³/mol. The maximum atomic E-state index is 6.06. The Balaban J connectivity index is 1.76. The van der Waals surface area contributed by atoms with E-state index in [1.807, 2.05) is 0 Å². The van der Waals surface area contributed by atoms with Crippen molar-refractivity contribution >= 4 is 0 Å². The summed E-state index contributed by atoms with van der Waals surface area (Å²) in [5.74, 6) is 1.66. The number of hydrogen-bond donors (Lipinski definition) is 1. The van der Waals surface area contributed by atoms with Gasteiger partial charge in [-0.2, -0.15) is 0 Å². The Morgan fingerprint density at radius 3 is 2.95 bits per heavy atom. The minimum atomic E-state index is -0.0632. The molecule has 2 heterocycles. The van der Waals surface area contributed by atoms with Gasteiger partial charge in [0, 0.05) is 18.4 Å². The summed E-state index contributed by atoms with van der Waals surface area (Å²) in [6, 6.07) is 8.71. The van der Waals surface area contributed by atoms with Gasteiger partial charge in [0.05, 0.1) is 6.61 Å². The van der Waals surface area contributed by atoms with Crippen molar-refractivity contribution in [2.24, 2.45) is 5.92 Å². The van der Waals surface area contributed by atoms with E-state index in [1.165, 1.54) is 24.8 Å². The zero-order chi connectivity index (χ0) is 15.4. The van der Waals surface area contributed by atoms with Crippen LogP contribution in [-0.4, -0.2) is 26.0 Å². The Morgan fingerprint density at radius 1 is 1.36 bits per heavy atom. The largest absolute Gasteiger partial charge is 0.465 e. The van der Waals surface area contributed by atoms with Crippen LogP contribution in [0.25, 0.3) is 0 Å². The summed E-state index contributed by atoms with van der Waals surface area (Å²) in [6.45, 7) is 7.65. The topological polar surface area (TPSA) is 30.5 Å². The smallest absolute Gasteiger partial charge is 0.199 e. The summed E-state index contributed by atoms with van der Waals surface area (Å²) < 4.78 is 11.8. The van der Waals surface area contributed by atoms with Gasteiger partial charge in [-0.1, -0.05) is 26.0 Å². The average molecular weight is 303 g/mol. The van der Waals surface area contributed by atoms with Crippen LogP contribution in [0.15, 0.2) is 24.3 Å². The van der Waals surface area contributed by atoms with E-state index in [4.69, 9.17) is 9.47 Å². The lowest BCUT2D eigenvalue weighted by atomic mass is 9.74. The van der Waals surface area contributed by atoms with Gasteiger partial charge in [0.1, 0.15) is 5.75 Å². The fraction of sp³-hybridized carbons (Fsp3) is 0.684. The Labute approximate surface area is 134 Å². The highest BCUT2D eigenvalue weighted by Gasteiger charge is 2.36. The molecule has 0 spiro atoms. The molecule has 1 aromatic carbocycles. The second kappa shape index (κ2) is 7.01. The molecular formula is C19H29NO2. The Bertz CT molecular complexity index is 474. The molecule has 2 fully saturated rings. The Kier molecular flexibility index (Phi) is 5.04. The second-order valence-corrected chi connectivity index (χ2v) is 7.25. The summed E-state index contributed by atoms with van der Waals surface area (Å²) >= 11 is 0. The lowest BCUT2D eigenvalue weighted by Crippen LogP contribution is -2.31. The van der Waals surface area contributed by atoms with Crippen molar-refractivity contribution in [3.05, 3.63) is 29.8 Å². The summed E-state index contributed by atoms with van der Waals surface area (Å²) in [7, 11) is 0. The average Bonchev–Trinajstić information content (AvgIpc) is 2.97. The molecule has 0 unspecified atom stereocenters. The molecular weight excluding hydrogens is 274 g/mol. The molecule has 0 radical (unpaired) electrons. The first-order valence-corrected chi connectivity index (χ1v) is 8.77. The van der Waals surface area contributed by atoms with Crippen LogP contribution in [0.1, 0.15) is 51.5 Å². The molecule has 0 bridgehead atoms. The molecule has 3 heteroatoms. The molecule has 22 heavy (non-hydrogen) atoms. The van der Waals surface area contributed by atoms with Crippen molar-refractivity contribution in [2.75, 3.05) is 19.7 Å². The third-order valence-corrected chi connectivity index (χ3v) is 4.89. The number of ether oxygens (including phenoxy) is 2. The van der Waals surface area contributed by atoms with Crippen LogP contribution in [-0.2, 0) is 10.2 Å². The summed E-state index contributed by atoms with van der Waals surface area (Å²) in [5, 5.41) is 3.55. The maximum absolute atomic E-state index is 6.06. The van der Waals surface area contributed by atoms with Crippen LogP contribution in [0.3, 0.4) is 0 Å². The minimum absolute atomic E-state index is 0.0632. The van der Waals surface area contributed by atoms with Crippen LogP contribution < -0.4 is 10.1 Å². The Morgan fingerprint density at radius 2 is 2.27 bits per heavy atom. The minimum Gasteiger partial charge on any atom is -0.465 e. The van der Waals surface area contributed by atoms with E-state index < -0.39 is 0 Å². The third kappa shape index (κ3) is 3.64. The molecule has 2 aliphatic heterocycles. The van der Waals surface area contributed by atoms with Crippen molar-refractivity contribution in [1.29, 1.82) is 0 Å². The van der Waals surface area contributed by atoms with E-state index in [1.54, 1.807) is 0 Å². The summed E-state index contributed by atoms with van der Waals surface area (Å²) in [5.41, 5.74) is 1.68. The standard InChI is InChI=1S/C19H29NO2/c1-15(2)13-19(9-10-20-14-19)16-6-5-7-17(12-16)22-18-8-3-4-11-21-18/h5-7,12,15,18,20H,3-4,8-11,13-14H2,1-2H3/t18-,19+/m0/s1. The molecule has 0 amide bonds. The van der Waals surface area contributed by atoms with Gasteiger partial charge in [-0.3, -0.25) is 0 Å². The lowest BCUT2D eigenvalue weighted by Gasteiger charge is -2.31. The van der Waals surface area contributed by atoms with Crippen molar-refractivity contribution in [3.8, 4) is 5.75 Å². The molecule has 2 atom stereocenters. The highest BCUT2D eigenvalue weighted by atomic mass is 16.7. The van der Waals surface area contributed by atoms with Crippen molar-refractivity contribution in [1.82, 2.24) is 5.32 Å². The van der Waals surface area contributed by atoms with E-state index >= 15 is 0 Å². The third-order valence-electron chi connectivity index (χ3n) is 4.89. The lowest BCUT2D eigenvalue weighted by molar-refractivity contribution is -0.105. The fourth-order valence-electron chi connectivity index (χ4n) is 3.92.